The van der Waals surface area contributed by atoms with Crippen LogP contribution in [0, 0.1) is 0 Å². The molecule has 86 valence electrons. The zero-order valence-corrected chi connectivity index (χ0v) is 9.56. The van der Waals surface area contributed by atoms with E-state index >= 15 is 0 Å². The first-order valence-electron chi connectivity index (χ1n) is 6.05. The summed E-state index contributed by atoms with van der Waals surface area (Å²) < 4.78 is 0. The molecule has 0 heterocycles. The van der Waals surface area contributed by atoms with Gasteiger partial charge in [-0.1, -0.05) is 58.3 Å². The van der Waals surface area contributed by atoms with Crippen LogP contribution in [0.4, 0.5) is 0 Å². The Morgan fingerprint density at radius 3 is 1.79 bits per heavy atom. The molecule has 0 saturated carbocycles. The summed E-state index contributed by atoms with van der Waals surface area (Å²) in [6.45, 7) is 2.24. The van der Waals surface area contributed by atoms with Gasteiger partial charge in [-0.25, -0.2) is 0 Å². The molecule has 0 fully saturated rings. The number of amides is 1. The predicted octanol–water partition coefficient (Wildman–Crippen LogP) is 3.64. The van der Waals surface area contributed by atoms with E-state index in [9.17, 15) is 4.79 Å². The predicted molar refractivity (Wildman–Crippen MR) is 63.2 cm³/mol. The number of carbonyl (C=O) groups is 1. The number of primary amides is 1. The van der Waals surface area contributed by atoms with E-state index in [1.54, 1.807) is 0 Å². The molecule has 0 aliphatic carbocycles. The summed E-state index contributed by atoms with van der Waals surface area (Å²) in [6, 6.07) is 0. The molecule has 0 aromatic carbocycles. The molecule has 2 nitrogen and oxygen atoms in total. The third-order valence-corrected chi connectivity index (χ3v) is 2.53. The zero-order chi connectivity index (χ0) is 10.6. The lowest BCUT2D eigenvalue weighted by molar-refractivity contribution is -0.118. The van der Waals surface area contributed by atoms with Gasteiger partial charge in [-0.15, -0.1) is 0 Å². The number of hydrogen-bond donors (Lipinski definition) is 1. The minimum absolute atomic E-state index is 0. The minimum Gasteiger partial charge on any atom is -0.370 e. The lowest BCUT2D eigenvalue weighted by Gasteiger charge is -2.00. The summed E-state index contributed by atoms with van der Waals surface area (Å²) in [5.41, 5.74) is 5.05. The first-order chi connectivity index (χ1) is 6.77. The van der Waals surface area contributed by atoms with E-state index < -0.39 is 0 Å². The molecule has 2 heteroatoms. The molecule has 0 aromatic rings. The molecule has 0 radical (unpaired) electrons. The summed E-state index contributed by atoms with van der Waals surface area (Å²) in [7, 11) is 0. The van der Waals surface area contributed by atoms with Gasteiger partial charge in [-0.3, -0.25) is 4.79 Å². The van der Waals surface area contributed by atoms with Gasteiger partial charge in [0.25, 0.3) is 0 Å². The molecule has 0 aliphatic rings. The van der Waals surface area contributed by atoms with Gasteiger partial charge in [0.05, 0.1) is 0 Å². The van der Waals surface area contributed by atoms with Crippen LogP contribution in [0.3, 0.4) is 0 Å². The SMILES string of the molecule is CCCCCCCCCCCC(N)=O.[HH]. The standard InChI is InChI=1S/C12H25NO.H2/c1-2-3-4-5-6-7-8-9-10-11-12(13)14;/h2-11H2,1H3,(H2,13,14);1H. The highest BCUT2D eigenvalue weighted by molar-refractivity contribution is 5.73. The Kier molecular flexibility index (Phi) is 10.2. The van der Waals surface area contributed by atoms with E-state index in [-0.39, 0.29) is 7.33 Å². The Hall–Kier alpha value is -0.530. The third-order valence-electron chi connectivity index (χ3n) is 2.53. The average molecular weight is 201 g/mol. The van der Waals surface area contributed by atoms with E-state index in [2.05, 4.69) is 6.92 Å². The fourth-order valence-corrected chi connectivity index (χ4v) is 1.61. The molecule has 2 N–H and O–H groups in total. The Balaban J connectivity index is 0. The number of nitrogens with two attached hydrogens (primary N) is 1. The van der Waals surface area contributed by atoms with Crippen LogP contribution in [0.15, 0.2) is 0 Å². The molecular formula is C12H27NO. The first kappa shape index (κ1) is 13.5. The van der Waals surface area contributed by atoms with Gasteiger partial charge in [0.1, 0.15) is 0 Å². The second-order valence-corrected chi connectivity index (χ2v) is 4.04. The normalized spacial score (nSPS) is 10.4. The van der Waals surface area contributed by atoms with E-state index in [1.165, 1.54) is 44.9 Å². The van der Waals surface area contributed by atoms with Crippen LogP contribution in [-0.4, -0.2) is 5.91 Å². The highest BCUT2D eigenvalue weighted by Crippen LogP contribution is 2.10. The van der Waals surface area contributed by atoms with Crippen molar-refractivity contribution in [3.05, 3.63) is 0 Å². The largest absolute Gasteiger partial charge is 0.370 e. The lowest BCUT2D eigenvalue weighted by atomic mass is 10.1. The Morgan fingerprint density at radius 2 is 1.36 bits per heavy atom. The number of rotatable bonds is 10. The second kappa shape index (κ2) is 10.6. The van der Waals surface area contributed by atoms with Crippen molar-refractivity contribution < 1.29 is 6.22 Å². The van der Waals surface area contributed by atoms with Crippen LogP contribution in [0.5, 0.6) is 0 Å². The average Bonchev–Trinajstić information content (AvgIpc) is 2.15. The highest BCUT2D eigenvalue weighted by atomic mass is 16.1. The Morgan fingerprint density at radius 1 is 0.929 bits per heavy atom. The van der Waals surface area contributed by atoms with Gasteiger partial charge in [0, 0.05) is 7.85 Å². The van der Waals surface area contributed by atoms with Crippen LogP contribution in [0.2, 0.25) is 0 Å². The van der Waals surface area contributed by atoms with Gasteiger partial charge >= 0.3 is 0 Å². The summed E-state index contributed by atoms with van der Waals surface area (Å²) >= 11 is 0. The highest BCUT2D eigenvalue weighted by Gasteiger charge is 1.94. The van der Waals surface area contributed by atoms with E-state index in [1.807, 2.05) is 0 Å². The Bertz CT molecular complexity index is 140. The third kappa shape index (κ3) is 11.5. The maximum absolute atomic E-state index is 10.4. The van der Waals surface area contributed by atoms with Gasteiger partial charge in [-0.2, -0.15) is 0 Å². The molecule has 14 heavy (non-hydrogen) atoms. The molecule has 0 unspecified atom stereocenters. The van der Waals surface area contributed by atoms with Crippen molar-refractivity contribution >= 4 is 5.91 Å². The maximum Gasteiger partial charge on any atom is 0.217 e. The van der Waals surface area contributed by atoms with Crippen LogP contribution in [-0.2, 0) is 4.79 Å². The van der Waals surface area contributed by atoms with Crippen molar-refractivity contribution in [2.24, 2.45) is 5.73 Å². The topological polar surface area (TPSA) is 43.1 Å². The van der Waals surface area contributed by atoms with Crippen LogP contribution in [0.1, 0.15) is 72.6 Å². The number of carbonyl (C=O) groups excluding carboxylic acids is 1. The molecule has 0 saturated heterocycles. The molecule has 0 rings (SSSR count). The van der Waals surface area contributed by atoms with Crippen molar-refractivity contribution in [1.82, 2.24) is 0 Å². The van der Waals surface area contributed by atoms with Crippen molar-refractivity contribution in [3.63, 3.8) is 0 Å². The monoisotopic (exact) mass is 201 g/mol. The van der Waals surface area contributed by atoms with E-state index in [0.717, 1.165) is 12.8 Å². The molecule has 0 spiro atoms. The van der Waals surface area contributed by atoms with E-state index in [4.69, 9.17) is 5.73 Å². The molecule has 0 aromatic heterocycles. The summed E-state index contributed by atoms with van der Waals surface area (Å²) in [4.78, 5) is 10.4. The fourth-order valence-electron chi connectivity index (χ4n) is 1.61. The summed E-state index contributed by atoms with van der Waals surface area (Å²) in [5.74, 6) is -0.159. The van der Waals surface area contributed by atoms with Crippen LogP contribution >= 0.6 is 0 Å². The molecule has 0 aliphatic heterocycles. The van der Waals surface area contributed by atoms with Gasteiger partial charge in [0.2, 0.25) is 5.91 Å². The first-order valence-corrected chi connectivity index (χ1v) is 6.05. The van der Waals surface area contributed by atoms with Crippen LogP contribution in [0.25, 0.3) is 0 Å². The van der Waals surface area contributed by atoms with Crippen molar-refractivity contribution in [3.8, 4) is 0 Å². The zero-order valence-electron chi connectivity index (χ0n) is 9.56. The Labute approximate surface area is 89.7 Å². The number of hydrogen-bond acceptors (Lipinski definition) is 1. The summed E-state index contributed by atoms with van der Waals surface area (Å²) in [6.07, 6.45) is 12.1. The molecular weight excluding hydrogens is 174 g/mol. The van der Waals surface area contributed by atoms with E-state index in [0.29, 0.717) is 6.42 Å². The van der Waals surface area contributed by atoms with Crippen molar-refractivity contribution in [1.29, 1.82) is 0 Å². The van der Waals surface area contributed by atoms with Gasteiger partial charge in [0.15, 0.2) is 0 Å². The second-order valence-electron chi connectivity index (χ2n) is 4.04. The van der Waals surface area contributed by atoms with Crippen LogP contribution < -0.4 is 5.73 Å². The number of unbranched alkanes of at least 4 members (excludes halogenated alkanes) is 8. The summed E-state index contributed by atoms with van der Waals surface area (Å²) in [5, 5.41) is 0. The van der Waals surface area contributed by atoms with Crippen molar-refractivity contribution in [2.45, 2.75) is 71.1 Å². The van der Waals surface area contributed by atoms with Gasteiger partial charge < -0.3 is 5.73 Å². The maximum atomic E-state index is 10.4. The molecule has 0 atom stereocenters. The lowest BCUT2D eigenvalue weighted by Crippen LogP contribution is -2.09. The smallest absolute Gasteiger partial charge is 0.217 e. The minimum atomic E-state index is -0.159. The van der Waals surface area contributed by atoms with Gasteiger partial charge in [-0.05, 0) is 6.42 Å². The molecule has 0 bridgehead atoms. The quantitative estimate of drug-likeness (QED) is 0.539. The van der Waals surface area contributed by atoms with Crippen molar-refractivity contribution in [2.75, 3.05) is 0 Å². The molecule has 1 amide bonds. The fraction of sp³-hybridized carbons (Fsp3) is 0.917.